The third-order valence-corrected chi connectivity index (χ3v) is 7.92. The summed E-state index contributed by atoms with van der Waals surface area (Å²) in [5.74, 6) is -0.254. The van der Waals surface area contributed by atoms with Gasteiger partial charge in [-0.15, -0.1) is 0 Å². The van der Waals surface area contributed by atoms with E-state index in [1.807, 2.05) is 24.3 Å². The minimum Gasteiger partial charge on any atom is -0.379 e. The van der Waals surface area contributed by atoms with Crippen molar-refractivity contribution >= 4 is 61.5 Å². The number of imide groups is 1. The fourth-order valence-electron chi connectivity index (χ4n) is 3.68. The van der Waals surface area contributed by atoms with E-state index in [-0.39, 0.29) is 33.2 Å². The molecule has 0 unspecified atom stereocenters. The average Bonchev–Trinajstić information content (AvgIpc) is 3.13. The first kappa shape index (κ1) is 24.1. The highest BCUT2D eigenvalue weighted by atomic mass is 35.5. The lowest BCUT2D eigenvalue weighted by Crippen LogP contribution is -2.27. The topological polar surface area (TPSA) is 80.8 Å². The Morgan fingerprint density at radius 2 is 1.56 bits per heavy atom. The van der Waals surface area contributed by atoms with E-state index in [1.54, 1.807) is 54.6 Å². The van der Waals surface area contributed by atoms with Gasteiger partial charge in [0.2, 0.25) is 0 Å². The van der Waals surface area contributed by atoms with Gasteiger partial charge >= 0.3 is 10.1 Å². The number of amides is 2. The fraction of sp³-hybridized carbons (Fsp3) is 0.0370. The molecule has 0 N–H and O–H groups in total. The molecule has 1 heterocycles. The first-order chi connectivity index (χ1) is 17.3. The molecule has 4 aromatic rings. The molecule has 0 radical (unpaired) electrons. The normalized spacial score (nSPS) is 15.1. The van der Waals surface area contributed by atoms with Crippen LogP contribution < -0.4 is 4.18 Å². The number of carbonyl (C=O) groups is 2. The maximum Gasteiger partial charge on any atom is 0.339 e. The van der Waals surface area contributed by atoms with Crippen molar-refractivity contribution in [2.75, 3.05) is 0 Å². The van der Waals surface area contributed by atoms with Crippen molar-refractivity contribution in [2.45, 2.75) is 11.4 Å². The van der Waals surface area contributed by atoms with Crippen LogP contribution in [0.2, 0.25) is 5.02 Å². The largest absolute Gasteiger partial charge is 0.379 e. The van der Waals surface area contributed by atoms with E-state index < -0.39 is 10.1 Å². The van der Waals surface area contributed by atoms with Crippen LogP contribution in [0.4, 0.5) is 4.79 Å². The number of hydrogen-bond donors (Lipinski definition) is 0. The zero-order chi connectivity index (χ0) is 25.3. The van der Waals surface area contributed by atoms with Gasteiger partial charge in [-0.05, 0) is 76.1 Å². The first-order valence-electron chi connectivity index (χ1n) is 10.8. The number of rotatable bonds is 6. The molecule has 5 rings (SSSR count). The predicted molar refractivity (Wildman–Crippen MR) is 141 cm³/mol. The van der Waals surface area contributed by atoms with Crippen LogP contribution in [0.5, 0.6) is 5.75 Å². The van der Waals surface area contributed by atoms with Gasteiger partial charge < -0.3 is 4.18 Å². The molecule has 1 aliphatic rings. The highest BCUT2D eigenvalue weighted by Gasteiger charge is 2.35. The number of carbonyl (C=O) groups excluding carboxylic acids is 2. The van der Waals surface area contributed by atoms with Gasteiger partial charge in [0, 0.05) is 5.02 Å². The molecule has 2 amide bonds. The summed E-state index contributed by atoms with van der Waals surface area (Å²) in [6, 6.07) is 25.4. The Morgan fingerprint density at radius 1 is 0.861 bits per heavy atom. The monoisotopic (exact) mass is 535 g/mol. The lowest BCUT2D eigenvalue weighted by molar-refractivity contribution is -0.123. The van der Waals surface area contributed by atoms with E-state index in [4.69, 9.17) is 15.8 Å². The molecule has 1 aliphatic heterocycles. The first-order valence-corrected chi connectivity index (χ1v) is 13.4. The molecular weight excluding hydrogens is 518 g/mol. The summed E-state index contributed by atoms with van der Waals surface area (Å²) in [5, 5.41) is 1.94. The van der Waals surface area contributed by atoms with Gasteiger partial charge in [-0.1, -0.05) is 66.2 Å². The minimum absolute atomic E-state index is 0.0552. The highest BCUT2D eigenvalue weighted by Crippen LogP contribution is 2.34. The summed E-state index contributed by atoms with van der Waals surface area (Å²) in [7, 11) is -4.03. The lowest BCUT2D eigenvalue weighted by Gasteiger charge is -2.12. The van der Waals surface area contributed by atoms with E-state index in [1.165, 1.54) is 23.1 Å². The molecule has 0 aliphatic carbocycles. The van der Waals surface area contributed by atoms with Gasteiger partial charge in [-0.3, -0.25) is 14.5 Å². The molecule has 0 aromatic heterocycles. The van der Waals surface area contributed by atoms with Crippen molar-refractivity contribution in [1.29, 1.82) is 0 Å². The van der Waals surface area contributed by atoms with Crippen molar-refractivity contribution < 1.29 is 22.2 Å². The van der Waals surface area contributed by atoms with Crippen molar-refractivity contribution in [1.82, 2.24) is 4.90 Å². The molecule has 0 spiro atoms. The van der Waals surface area contributed by atoms with Crippen molar-refractivity contribution in [3.8, 4) is 5.75 Å². The third-order valence-electron chi connectivity index (χ3n) is 5.52. The van der Waals surface area contributed by atoms with E-state index >= 15 is 0 Å². The second kappa shape index (κ2) is 9.81. The molecule has 6 nitrogen and oxygen atoms in total. The zero-order valence-electron chi connectivity index (χ0n) is 18.6. The van der Waals surface area contributed by atoms with Crippen LogP contribution in [0.1, 0.15) is 11.1 Å². The summed E-state index contributed by atoms with van der Waals surface area (Å²) < 4.78 is 30.8. The Morgan fingerprint density at radius 3 is 2.28 bits per heavy atom. The molecule has 4 aromatic carbocycles. The highest BCUT2D eigenvalue weighted by molar-refractivity contribution is 8.18. The van der Waals surface area contributed by atoms with E-state index in [9.17, 15) is 18.0 Å². The third kappa shape index (κ3) is 5.16. The van der Waals surface area contributed by atoms with Gasteiger partial charge in [-0.25, -0.2) is 0 Å². The van der Waals surface area contributed by atoms with Crippen LogP contribution in [0.3, 0.4) is 0 Å². The SMILES string of the molecule is O=C1S/C(=C\c2ccc(OS(=O)(=O)c3ccc4ccccc4c3)cc2)C(=O)N1Cc1ccc(Cl)cc1. The van der Waals surface area contributed by atoms with E-state index in [0.717, 1.165) is 28.1 Å². The smallest absolute Gasteiger partial charge is 0.339 e. The van der Waals surface area contributed by atoms with E-state index in [0.29, 0.717) is 10.6 Å². The van der Waals surface area contributed by atoms with Crippen LogP contribution in [0.15, 0.2) is 101 Å². The zero-order valence-corrected chi connectivity index (χ0v) is 21.0. The summed E-state index contributed by atoms with van der Waals surface area (Å²) in [5.41, 5.74) is 1.42. The molecule has 180 valence electrons. The van der Waals surface area contributed by atoms with Crippen LogP contribution in [-0.4, -0.2) is 24.5 Å². The number of thioether (sulfide) groups is 1. The van der Waals surface area contributed by atoms with E-state index in [2.05, 4.69) is 0 Å². The van der Waals surface area contributed by atoms with Gasteiger partial charge in [0.1, 0.15) is 10.6 Å². The van der Waals surface area contributed by atoms with Crippen LogP contribution in [-0.2, 0) is 21.5 Å². The van der Waals surface area contributed by atoms with Gasteiger partial charge in [0.25, 0.3) is 11.1 Å². The fourth-order valence-corrected chi connectivity index (χ4v) is 5.61. The minimum atomic E-state index is -4.03. The Bertz CT molecular complexity index is 1610. The number of halogens is 1. The molecule has 0 saturated carbocycles. The number of benzene rings is 4. The number of fused-ring (bicyclic) bond motifs is 1. The number of nitrogens with zero attached hydrogens (tertiary/aromatic N) is 1. The quantitative estimate of drug-likeness (QED) is 0.207. The Balaban J connectivity index is 1.29. The Kier molecular flexibility index (Phi) is 6.57. The molecule has 1 saturated heterocycles. The van der Waals surface area contributed by atoms with Crippen LogP contribution >= 0.6 is 23.4 Å². The average molecular weight is 536 g/mol. The van der Waals surface area contributed by atoms with Gasteiger partial charge in [-0.2, -0.15) is 8.42 Å². The van der Waals surface area contributed by atoms with Gasteiger partial charge in [0.05, 0.1) is 11.4 Å². The summed E-state index contributed by atoms with van der Waals surface area (Å²) in [6.45, 7) is 0.151. The molecule has 1 fully saturated rings. The molecule has 0 bridgehead atoms. The second-order valence-electron chi connectivity index (χ2n) is 8.01. The molecular formula is C27H18ClNO5S2. The lowest BCUT2D eigenvalue weighted by atomic mass is 10.1. The second-order valence-corrected chi connectivity index (χ2v) is 11.0. The standard InChI is InChI=1S/C27H18ClNO5S2/c28-22-10-5-19(6-11-22)17-29-26(30)25(35-27(29)31)15-18-7-12-23(13-8-18)34-36(32,33)24-14-9-20-3-1-2-4-21(20)16-24/h1-16H,17H2/b25-15-. The maximum atomic E-state index is 12.8. The van der Waals surface area contributed by atoms with Crippen LogP contribution in [0.25, 0.3) is 16.8 Å². The van der Waals surface area contributed by atoms with Crippen molar-refractivity contribution in [2.24, 2.45) is 0 Å². The molecule has 0 atom stereocenters. The molecule has 36 heavy (non-hydrogen) atoms. The van der Waals surface area contributed by atoms with Crippen LogP contribution in [0, 0.1) is 0 Å². The Labute approximate surface area is 217 Å². The number of hydrogen-bond acceptors (Lipinski definition) is 6. The van der Waals surface area contributed by atoms with Crippen molar-refractivity contribution in [3.05, 3.63) is 112 Å². The Hall–Kier alpha value is -3.59. The summed E-state index contributed by atoms with van der Waals surface area (Å²) >= 11 is 6.75. The summed E-state index contributed by atoms with van der Waals surface area (Å²) in [6.07, 6.45) is 1.59. The maximum absolute atomic E-state index is 12.8. The summed E-state index contributed by atoms with van der Waals surface area (Å²) in [4.78, 5) is 26.7. The predicted octanol–water partition coefficient (Wildman–Crippen LogP) is 6.50. The molecule has 9 heteroatoms. The van der Waals surface area contributed by atoms with Crippen molar-refractivity contribution in [3.63, 3.8) is 0 Å². The van der Waals surface area contributed by atoms with Gasteiger partial charge in [0.15, 0.2) is 0 Å².